The second-order valence-corrected chi connectivity index (χ2v) is 7.11. The number of amides is 1. The van der Waals surface area contributed by atoms with E-state index in [4.69, 9.17) is 4.74 Å². The fourth-order valence-corrected chi connectivity index (χ4v) is 3.23. The van der Waals surface area contributed by atoms with Crippen LogP contribution < -0.4 is 10.9 Å². The number of carbonyl (C=O) groups excluding carboxylic acids is 2. The first-order valence-electron chi connectivity index (χ1n) is 10.2. The molecule has 0 aliphatic carbocycles. The quantitative estimate of drug-likeness (QED) is 0.435. The summed E-state index contributed by atoms with van der Waals surface area (Å²) in [6, 6.07) is 12.0. The summed E-state index contributed by atoms with van der Waals surface area (Å²) in [5.41, 5.74) is 1.50. The number of aryl methyl sites for hydroxylation is 1. The van der Waals surface area contributed by atoms with Crippen molar-refractivity contribution in [3.05, 3.63) is 82.8 Å². The van der Waals surface area contributed by atoms with Gasteiger partial charge in [0, 0.05) is 18.7 Å². The first-order chi connectivity index (χ1) is 16.0. The number of carbonyl (C=O) groups is 2. The van der Waals surface area contributed by atoms with Crippen molar-refractivity contribution < 1.29 is 18.7 Å². The fraction of sp³-hybridized carbons (Fsp3) is 0.174. The van der Waals surface area contributed by atoms with E-state index in [0.29, 0.717) is 22.6 Å². The van der Waals surface area contributed by atoms with Crippen molar-refractivity contribution in [2.75, 3.05) is 11.9 Å². The number of fused-ring (bicyclic) bond motifs is 1. The molecule has 0 fully saturated rings. The summed E-state index contributed by atoms with van der Waals surface area (Å²) in [6.45, 7) is 2.13. The third-order valence-corrected chi connectivity index (χ3v) is 4.89. The Labute approximate surface area is 187 Å². The van der Waals surface area contributed by atoms with E-state index in [1.165, 1.54) is 33.9 Å². The van der Waals surface area contributed by atoms with Gasteiger partial charge in [-0.3, -0.25) is 14.2 Å². The largest absolute Gasteiger partial charge is 0.462 e. The van der Waals surface area contributed by atoms with E-state index in [2.05, 4.69) is 15.4 Å². The van der Waals surface area contributed by atoms with Gasteiger partial charge in [-0.25, -0.2) is 18.9 Å². The van der Waals surface area contributed by atoms with Gasteiger partial charge in [-0.2, -0.15) is 5.10 Å². The number of benzene rings is 2. The molecule has 168 valence electrons. The molecule has 0 bridgehead atoms. The molecule has 33 heavy (non-hydrogen) atoms. The number of aromatic nitrogens is 4. The molecule has 10 heteroatoms. The number of nitrogens with zero attached hydrogens (tertiary/aromatic N) is 4. The van der Waals surface area contributed by atoms with E-state index in [-0.39, 0.29) is 42.2 Å². The molecule has 4 aromatic rings. The molecule has 0 spiro atoms. The maximum atomic E-state index is 13.2. The van der Waals surface area contributed by atoms with Crippen LogP contribution in [0.5, 0.6) is 0 Å². The lowest BCUT2D eigenvalue weighted by Crippen LogP contribution is -2.23. The molecular formula is C23H20FN5O4. The van der Waals surface area contributed by atoms with Gasteiger partial charge < -0.3 is 10.1 Å². The third kappa shape index (κ3) is 4.79. The molecule has 0 saturated carbocycles. The maximum absolute atomic E-state index is 13.2. The molecular weight excluding hydrogens is 429 g/mol. The number of ether oxygens (including phenoxy) is 1. The second-order valence-electron chi connectivity index (χ2n) is 7.11. The number of hydrogen-bond acceptors (Lipinski definition) is 6. The molecule has 0 aliphatic heterocycles. The Balaban J connectivity index is 1.42. The number of halogens is 1. The molecule has 0 saturated heterocycles. The Morgan fingerprint density at radius 2 is 1.82 bits per heavy atom. The number of rotatable bonds is 7. The molecule has 2 aromatic carbocycles. The van der Waals surface area contributed by atoms with Crippen LogP contribution in [0.15, 0.2) is 65.8 Å². The zero-order valence-electron chi connectivity index (χ0n) is 17.7. The summed E-state index contributed by atoms with van der Waals surface area (Å²) < 4.78 is 20.9. The average Bonchev–Trinajstić information content (AvgIpc) is 3.25. The van der Waals surface area contributed by atoms with E-state index in [1.54, 1.807) is 43.3 Å². The summed E-state index contributed by atoms with van der Waals surface area (Å²) in [5.74, 6) is -1.10. The zero-order chi connectivity index (χ0) is 23.4. The molecule has 0 atom stereocenters. The molecule has 0 radical (unpaired) electrons. The topological polar surface area (TPSA) is 108 Å². The van der Waals surface area contributed by atoms with Crippen LogP contribution in [0.3, 0.4) is 0 Å². The summed E-state index contributed by atoms with van der Waals surface area (Å²) in [6.07, 6.45) is 2.79. The SMILES string of the molecule is CCOC(=O)c1ccc(NC(=O)CCn2cnc3c(cnn3-c3ccc(F)cc3)c2=O)cc1. The molecule has 1 amide bonds. The maximum Gasteiger partial charge on any atom is 0.338 e. The van der Waals surface area contributed by atoms with E-state index in [0.717, 1.165) is 0 Å². The van der Waals surface area contributed by atoms with Crippen LogP contribution in [-0.2, 0) is 16.1 Å². The molecule has 9 nitrogen and oxygen atoms in total. The number of hydrogen-bond donors (Lipinski definition) is 1. The summed E-state index contributed by atoms with van der Waals surface area (Å²) >= 11 is 0. The van der Waals surface area contributed by atoms with E-state index in [9.17, 15) is 18.8 Å². The third-order valence-electron chi connectivity index (χ3n) is 4.89. The normalized spacial score (nSPS) is 10.8. The van der Waals surface area contributed by atoms with Crippen molar-refractivity contribution >= 4 is 28.6 Å². The van der Waals surface area contributed by atoms with Gasteiger partial charge in [0.15, 0.2) is 5.65 Å². The van der Waals surface area contributed by atoms with Crippen molar-refractivity contribution in [2.45, 2.75) is 19.9 Å². The molecule has 0 unspecified atom stereocenters. The van der Waals surface area contributed by atoms with Gasteiger partial charge in [0.05, 0.1) is 30.4 Å². The highest BCUT2D eigenvalue weighted by Gasteiger charge is 2.13. The first kappa shape index (κ1) is 21.9. The molecule has 2 heterocycles. The summed E-state index contributed by atoms with van der Waals surface area (Å²) in [4.78, 5) is 41.1. The standard InChI is InChI=1S/C23H20FN5O4/c1-2-33-23(32)15-3-7-17(8-4-15)27-20(30)11-12-28-14-25-21-19(22(28)31)13-26-29(21)18-9-5-16(24)6-10-18/h3-10,13-14H,2,11-12H2,1H3,(H,27,30). The number of esters is 1. The Kier molecular flexibility index (Phi) is 6.25. The van der Waals surface area contributed by atoms with Crippen LogP contribution in [0.4, 0.5) is 10.1 Å². The smallest absolute Gasteiger partial charge is 0.338 e. The Morgan fingerprint density at radius 3 is 2.52 bits per heavy atom. The predicted molar refractivity (Wildman–Crippen MR) is 119 cm³/mol. The minimum atomic E-state index is -0.430. The van der Waals surface area contributed by atoms with E-state index < -0.39 is 5.97 Å². The summed E-state index contributed by atoms with van der Waals surface area (Å²) in [7, 11) is 0. The highest BCUT2D eigenvalue weighted by atomic mass is 19.1. The van der Waals surface area contributed by atoms with Crippen LogP contribution in [0.2, 0.25) is 0 Å². The van der Waals surface area contributed by atoms with Crippen LogP contribution in [0, 0.1) is 5.82 Å². The molecule has 1 N–H and O–H groups in total. The van der Waals surface area contributed by atoms with Crippen molar-refractivity contribution in [1.82, 2.24) is 19.3 Å². The predicted octanol–water partition coefficient (Wildman–Crippen LogP) is 2.93. The van der Waals surface area contributed by atoms with E-state index >= 15 is 0 Å². The number of nitrogens with one attached hydrogen (secondary N) is 1. The second kappa shape index (κ2) is 9.43. The van der Waals surface area contributed by atoms with Gasteiger partial charge in [-0.15, -0.1) is 0 Å². The van der Waals surface area contributed by atoms with Gasteiger partial charge in [0.25, 0.3) is 5.56 Å². The van der Waals surface area contributed by atoms with Crippen molar-refractivity contribution in [3.63, 3.8) is 0 Å². The minimum absolute atomic E-state index is 0.0405. The lowest BCUT2D eigenvalue weighted by atomic mass is 10.2. The van der Waals surface area contributed by atoms with E-state index in [1.807, 2.05) is 0 Å². The van der Waals surface area contributed by atoms with Crippen LogP contribution >= 0.6 is 0 Å². The Hall–Kier alpha value is -4.34. The molecule has 0 aliphatic rings. The zero-order valence-corrected chi connectivity index (χ0v) is 17.7. The molecule has 2 aromatic heterocycles. The van der Waals surface area contributed by atoms with Gasteiger partial charge in [0.2, 0.25) is 5.91 Å². The van der Waals surface area contributed by atoms with Crippen LogP contribution in [0.1, 0.15) is 23.7 Å². The number of anilines is 1. The first-order valence-corrected chi connectivity index (χ1v) is 10.2. The van der Waals surface area contributed by atoms with Crippen LogP contribution in [0.25, 0.3) is 16.7 Å². The highest BCUT2D eigenvalue weighted by molar-refractivity contribution is 5.93. The van der Waals surface area contributed by atoms with Crippen molar-refractivity contribution in [3.8, 4) is 5.69 Å². The lowest BCUT2D eigenvalue weighted by Gasteiger charge is -2.08. The van der Waals surface area contributed by atoms with Crippen molar-refractivity contribution in [1.29, 1.82) is 0 Å². The Bertz CT molecular complexity index is 1360. The van der Waals surface area contributed by atoms with Gasteiger partial charge in [-0.05, 0) is 55.5 Å². The average molecular weight is 449 g/mol. The highest BCUT2D eigenvalue weighted by Crippen LogP contribution is 2.14. The van der Waals surface area contributed by atoms with Crippen molar-refractivity contribution in [2.24, 2.45) is 0 Å². The fourth-order valence-electron chi connectivity index (χ4n) is 3.23. The van der Waals surface area contributed by atoms with Crippen LogP contribution in [-0.4, -0.2) is 37.8 Å². The Morgan fingerprint density at radius 1 is 1.09 bits per heavy atom. The monoisotopic (exact) mass is 449 g/mol. The van der Waals surface area contributed by atoms with Gasteiger partial charge >= 0.3 is 5.97 Å². The molecule has 4 rings (SSSR count). The van der Waals surface area contributed by atoms with Gasteiger partial charge in [0.1, 0.15) is 11.2 Å². The lowest BCUT2D eigenvalue weighted by molar-refractivity contribution is -0.116. The minimum Gasteiger partial charge on any atom is -0.462 e. The summed E-state index contributed by atoms with van der Waals surface area (Å²) in [5, 5.41) is 7.20. The van der Waals surface area contributed by atoms with Gasteiger partial charge in [-0.1, -0.05) is 0 Å².